The molecule has 18 atom stereocenters. The maximum atomic E-state index is 12.9. The quantitative estimate of drug-likeness (QED) is 0.178. The zero-order chi connectivity index (χ0) is 48.8. The number of cyclic esters (lactones) is 1. The van der Waals surface area contributed by atoms with Crippen LogP contribution in [-0.2, 0) is 23.9 Å². The molecule has 1 aliphatic heterocycles. The SMILES string of the molecule is C[C@@H]1[C@@H](O)[C@H](C)/C=C/C=C/CC/C=C/C=C/C=C/C=C/[C@H](O[C@H]2C[C@@H](C)[C@H](O)[C@@H](N)[C@H]2O)C[C@H](O)[C@H](C(=O)O)[C@H](O)CC(=O)C[C@H](O)[C@H](O)CC[C@H](O)C[C@H](O)C[C@H](O)CC(=O)O[C@@H]1C. The fourth-order valence-electron chi connectivity index (χ4n) is 7.93. The molecular formula is C48H77NO16. The number of ether oxygens (including phenoxy) is 2. The molecule has 65 heavy (non-hydrogen) atoms. The lowest BCUT2D eigenvalue weighted by molar-refractivity contribution is -0.157. The second-order valence-corrected chi connectivity index (χ2v) is 17.9. The molecular weight excluding hydrogens is 847 g/mol. The zero-order valence-corrected chi connectivity index (χ0v) is 38.1. The van der Waals surface area contributed by atoms with E-state index in [-0.39, 0.29) is 43.9 Å². The van der Waals surface area contributed by atoms with Gasteiger partial charge in [0.05, 0.1) is 85.7 Å². The first kappa shape index (κ1) is 57.7. The van der Waals surface area contributed by atoms with Crippen LogP contribution in [0.4, 0.5) is 0 Å². The number of carboxylic acid groups (broad SMARTS) is 1. The molecule has 1 aliphatic carbocycles. The van der Waals surface area contributed by atoms with Crippen molar-refractivity contribution in [3.8, 4) is 0 Å². The molecule has 0 aromatic rings. The number of Topliss-reactive ketones (excluding diaryl/α,β-unsaturated/α-hetero) is 1. The number of hydrogen-bond acceptors (Lipinski definition) is 16. The van der Waals surface area contributed by atoms with Crippen molar-refractivity contribution in [3.05, 3.63) is 72.9 Å². The van der Waals surface area contributed by atoms with E-state index in [0.29, 0.717) is 0 Å². The van der Waals surface area contributed by atoms with Crippen LogP contribution in [0, 0.1) is 23.7 Å². The van der Waals surface area contributed by atoms with E-state index < -0.39 is 141 Å². The molecule has 0 radical (unpaired) electrons. The molecule has 370 valence electrons. The van der Waals surface area contributed by atoms with E-state index in [4.69, 9.17) is 15.2 Å². The Hall–Kier alpha value is -3.43. The number of carbonyl (C=O) groups excluding carboxylic acids is 2. The van der Waals surface area contributed by atoms with Gasteiger partial charge >= 0.3 is 11.9 Å². The summed E-state index contributed by atoms with van der Waals surface area (Å²) in [6, 6.07) is -1.03. The number of esters is 1. The van der Waals surface area contributed by atoms with E-state index in [1.165, 1.54) is 6.08 Å². The van der Waals surface area contributed by atoms with E-state index in [9.17, 15) is 70.6 Å². The molecule has 2 aliphatic rings. The monoisotopic (exact) mass is 924 g/mol. The Morgan fingerprint density at radius 2 is 1.18 bits per heavy atom. The van der Waals surface area contributed by atoms with E-state index in [1.807, 2.05) is 49.5 Å². The topological polar surface area (TPSA) is 318 Å². The van der Waals surface area contributed by atoms with Gasteiger partial charge in [-0.05, 0) is 57.8 Å². The number of rotatable bonds is 3. The summed E-state index contributed by atoms with van der Waals surface area (Å²) in [4.78, 5) is 37.8. The Bertz CT molecular complexity index is 1600. The summed E-state index contributed by atoms with van der Waals surface area (Å²) in [6.45, 7) is 6.97. The third-order valence-electron chi connectivity index (χ3n) is 12.2. The van der Waals surface area contributed by atoms with Gasteiger partial charge < -0.3 is 71.4 Å². The van der Waals surface area contributed by atoms with E-state index in [0.717, 1.165) is 12.8 Å². The lowest BCUT2D eigenvalue weighted by Crippen LogP contribution is -2.58. The minimum atomic E-state index is -1.92. The molecule has 2 rings (SSSR count). The van der Waals surface area contributed by atoms with Crippen LogP contribution in [0.1, 0.15) is 98.3 Å². The summed E-state index contributed by atoms with van der Waals surface area (Å²) < 4.78 is 11.6. The van der Waals surface area contributed by atoms with Crippen LogP contribution >= 0.6 is 0 Å². The standard InChI is InChI=1S/C48H77NO16/c1-28-17-15-13-11-9-7-5-6-8-10-12-14-16-18-36(65-41-21-29(2)46(60)44(49)47(41)61)27-40(57)43(48(62)63)39(56)25-35(53)24-38(55)37(54)20-19-32(50)22-33(51)23-34(52)26-42(58)64-31(4)30(3)45(28)59/h5-6,8,10-18,28-34,36-41,43-47,50-52,54-57,59-61H,7,9,19-27,49H2,1-4H3,(H,62,63)/b6-5+,10-8+,13-11+,14-12+,17-15+,18-16+/t28-,29-,30+,31-,32+,33+,34+,36+,37-,38+,39-,40+,41+,43-,44-,45+,46+,47+/m1/s1. The first-order chi connectivity index (χ1) is 30.6. The summed E-state index contributed by atoms with van der Waals surface area (Å²) >= 11 is 0. The maximum Gasteiger partial charge on any atom is 0.311 e. The number of ketones is 1. The first-order valence-corrected chi connectivity index (χ1v) is 22.8. The highest BCUT2D eigenvalue weighted by Crippen LogP contribution is 2.30. The van der Waals surface area contributed by atoms with Crippen molar-refractivity contribution >= 4 is 17.7 Å². The zero-order valence-electron chi connectivity index (χ0n) is 38.1. The summed E-state index contributed by atoms with van der Waals surface area (Å²) in [7, 11) is 0. The molecule has 0 amide bonds. The number of nitrogens with two attached hydrogens (primary N) is 1. The molecule has 17 heteroatoms. The van der Waals surface area contributed by atoms with Gasteiger partial charge in [-0.1, -0.05) is 93.7 Å². The lowest BCUT2D eigenvalue weighted by atomic mass is 9.80. The average molecular weight is 924 g/mol. The minimum absolute atomic E-state index is 0.135. The van der Waals surface area contributed by atoms with Crippen LogP contribution < -0.4 is 5.73 Å². The second-order valence-electron chi connectivity index (χ2n) is 17.9. The van der Waals surface area contributed by atoms with Gasteiger partial charge in [-0.3, -0.25) is 14.4 Å². The molecule has 13 N–H and O–H groups in total. The maximum absolute atomic E-state index is 12.9. The van der Waals surface area contributed by atoms with Crippen LogP contribution in [-0.4, -0.2) is 159 Å². The molecule has 0 aromatic carbocycles. The largest absolute Gasteiger partial charge is 0.481 e. The summed E-state index contributed by atoms with van der Waals surface area (Å²) in [5.74, 6) is -6.13. The summed E-state index contributed by atoms with van der Waals surface area (Å²) in [5, 5.41) is 117. The normalized spacial score (nSPS) is 42.5. The van der Waals surface area contributed by atoms with Crippen LogP contribution in [0.2, 0.25) is 0 Å². The van der Waals surface area contributed by atoms with Gasteiger partial charge in [-0.15, -0.1) is 0 Å². The Balaban J connectivity index is 2.26. The highest BCUT2D eigenvalue weighted by atomic mass is 16.5. The predicted molar refractivity (Wildman–Crippen MR) is 242 cm³/mol. The molecule has 1 fully saturated rings. The van der Waals surface area contributed by atoms with Gasteiger partial charge in [0.15, 0.2) is 0 Å². The fraction of sp³-hybridized carbons (Fsp3) is 0.688. The predicted octanol–water partition coefficient (Wildman–Crippen LogP) is 1.44. The number of aliphatic hydroxyl groups excluding tert-OH is 10. The van der Waals surface area contributed by atoms with Crippen LogP contribution in [0.25, 0.3) is 0 Å². The average Bonchev–Trinajstić information content (AvgIpc) is 3.22. The third-order valence-corrected chi connectivity index (χ3v) is 12.2. The van der Waals surface area contributed by atoms with Gasteiger partial charge in [-0.25, -0.2) is 0 Å². The van der Waals surface area contributed by atoms with Crippen LogP contribution in [0.15, 0.2) is 72.9 Å². The van der Waals surface area contributed by atoms with Crippen molar-refractivity contribution in [2.24, 2.45) is 29.4 Å². The van der Waals surface area contributed by atoms with Gasteiger partial charge in [0, 0.05) is 31.1 Å². The summed E-state index contributed by atoms with van der Waals surface area (Å²) in [5.41, 5.74) is 6.04. The van der Waals surface area contributed by atoms with Crippen molar-refractivity contribution < 1.29 is 80.0 Å². The van der Waals surface area contributed by atoms with Gasteiger partial charge in [0.2, 0.25) is 0 Å². The van der Waals surface area contributed by atoms with Crippen molar-refractivity contribution in [2.45, 2.75) is 184 Å². The smallest absolute Gasteiger partial charge is 0.311 e. The van der Waals surface area contributed by atoms with E-state index >= 15 is 0 Å². The number of aliphatic hydroxyl groups is 10. The van der Waals surface area contributed by atoms with E-state index in [1.54, 1.807) is 45.1 Å². The summed E-state index contributed by atoms with van der Waals surface area (Å²) in [6.07, 6.45) is 3.60. The lowest BCUT2D eigenvalue weighted by Gasteiger charge is -2.41. The van der Waals surface area contributed by atoms with E-state index in [2.05, 4.69) is 0 Å². The molecule has 17 nitrogen and oxygen atoms in total. The Kier molecular flexibility index (Phi) is 26.7. The van der Waals surface area contributed by atoms with Crippen molar-refractivity contribution in [3.63, 3.8) is 0 Å². The van der Waals surface area contributed by atoms with Gasteiger partial charge in [-0.2, -0.15) is 0 Å². The Morgan fingerprint density at radius 1 is 0.615 bits per heavy atom. The highest BCUT2D eigenvalue weighted by Gasteiger charge is 2.42. The molecule has 0 aromatic heterocycles. The third kappa shape index (κ3) is 21.4. The Morgan fingerprint density at radius 3 is 1.83 bits per heavy atom. The van der Waals surface area contributed by atoms with Crippen molar-refractivity contribution in [1.29, 1.82) is 0 Å². The number of aliphatic carboxylic acids is 1. The first-order valence-electron chi connectivity index (χ1n) is 22.8. The number of hydrogen-bond donors (Lipinski definition) is 12. The highest BCUT2D eigenvalue weighted by molar-refractivity contribution is 5.81. The van der Waals surface area contributed by atoms with Gasteiger partial charge in [0.25, 0.3) is 0 Å². The van der Waals surface area contributed by atoms with Crippen molar-refractivity contribution in [2.75, 3.05) is 0 Å². The number of carbonyl (C=O) groups is 3. The van der Waals surface area contributed by atoms with Gasteiger partial charge in [0.1, 0.15) is 17.8 Å². The number of carboxylic acids is 1. The second kappa shape index (κ2) is 30.1. The van der Waals surface area contributed by atoms with Crippen LogP contribution in [0.3, 0.4) is 0 Å². The van der Waals surface area contributed by atoms with Crippen LogP contribution in [0.5, 0.6) is 0 Å². The minimum Gasteiger partial charge on any atom is -0.481 e. The Labute approximate surface area is 383 Å². The molecule has 0 saturated heterocycles. The molecule has 0 spiro atoms. The molecule has 1 saturated carbocycles. The number of allylic oxidation sites excluding steroid dienone is 10. The molecule has 0 unspecified atom stereocenters. The fourth-order valence-corrected chi connectivity index (χ4v) is 7.93. The van der Waals surface area contributed by atoms with Crippen molar-refractivity contribution in [1.82, 2.24) is 0 Å². The molecule has 0 bridgehead atoms. The molecule has 1 heterocycles.